The lowest BCUT2D eigenvalue weighted by molar-refractivity contribution is 0.0863. The molecule has 0 spiro atoms. The van der Waals surface area contributed by atoms with Crippen LogP contribution in [0.4, 0.5) is 23.3 Å². The summed E-state index contributed by atoms with van der Waals surface area (Å²) in [7, 11) is 0. The summed E-state index contributed by atoms with van der Waals surface area (Å²) in [4.78, 5) is 60.6. The number of carbonyl (C=O) groups excluding carboxylic acids is 4. The average molecular weight is 443 g/mol. The van der Waals surface area contributed by atoms with Crippen molar-refractivity contribution in [1.29, 1.82) is 0 Å². The second-order valence-electron chi connectivity index (χ2n) is 7.83. The molecule has 0 atom stereocenters. The number of imide groups is 2. The van der Waals surface area contributed by atoms with E-state index in [0.29, 0.717) is 28.3 Å². The maximum absolute atomic E-state index is 11.9. The summed E-state index contributed by atoms with van der Waals surface area (Å²) in [6.07, 6.45) is 0. The van der Waals surface area contributed by atoms with E-state index in [4.69, 9.17) is 0 Å². The van der Waals surface area contributed by atoms with E-state index >= 15 is 0 Å². The summed E-state index contributed by atoms with van der Waals surface area (Å²) in [6, 6.07) is 9.52. The predicted molar refractivity (Wildman–Crippen MR) is 117 cm³/mol. The van der Waals surface area contributed by atoms with Crippen LogP contribution >= 0.6 is 0 Å². The van der Waals surface area contributed by atoms with Gasteiger partial charge in [0.05, 0.1) is 22.3 Å². The Labute approximate surface area is 187 Å². The molecule has 0 fully saturated rings. The van der Waals surface area contributed by atoms with Crippen LogP contribution in [0.15, 0.2) is 36.4 Å². The summed E-state index contributed by atoms with van der Waals surface area (Å²) in [5.41, 5.74) is 2.22. The number of rotatable bonds is 5. The van der Waals surface area contributed by atoms with Crippen LogP contribution in [0.25, 0.3) is 0 Å². The van der Waals surface area contributed by atoms with Crippen LogP contribution in [0, 0.1) is 0 Å². The highest BCUT2D eigenvalue weighted by atomic mass is 16.2. The first kappa shape index (κ1) is 20.2. The number of carbonyl (C=O) groups is 4. The van der Waals surface area contributed by atoms with Gasteiger partial charge in [-0.05, 0) is 36.4 Å². The van der Waals surface area contributed by atoms with E-state index in [2.05, 4.69) is 36.2 Å². The van der Waals surface area contributed by atoms with Crippen LogP contribution < -0.4 is 21.3 Å². The zero-order chi connectivity index (χ0) is 23.3. The average Bonchev–Trinajstić information content (AvgIpc) is 3.22. The number of hydrogen-bond donors (Lipinski definition) is 4. The lowest BCUT2D eigenvalue weighted by Gasteiger charge is -2.12. The monoisotopic (exact) mass is 443 g/mol. The number of anilines is 4. The van der Waals surface area contributed by atoms with Crippen molar-refractivity contribution in [3.63, 3.8) is 0 Å². The fourth-order valence-electron chi connectivity index (χ4n) is 3.51. The second kappa shape index (κ2) is 7.48. The number of amides is 4. The maximum atomic E-state index is 11.9. The molecule has 2 aliphatic rings. The fourth-order valence-corrected chi connectivity index (χ4v) is 3.51. The van der Waals surface area contributed by atoms with Crippen molar-refractivity contribution in [3.8, 4) is 0 Å². The van der Waals surface area contributed by atoms with Gasteiger partial charge in [0.1, 0.15) is 5.82 Å². The van der Waals surface area contributed by atoms with Crippen molar-refractivity contribution >= 4 is 46.9 Å². The molecule has 0 saturated carbocycles. The fraction of sp³-hybridized carbons (Fsp3) is 0.136. The van der Waals surface area contributed by atoms with Crippen LogP contribution in [0.5, 0.6) is 0 Å². The van der Waals surface area contributed by atoms with Gasteiger partial charge in [0.2, 0.25) is 11.9 Å². The Hall–Kier alpha value is -4.67. The minimum absolute atomic E-state index is 0.0130. The number of fused-ring (bicyclic) bond motifs is 2. The smallest absolute Gasteiger partial charge is 0.259 e. The minimum atomic E-state index is -0.460. The molecule has 0 radical (unpaired) electrons. The van der Waals surface area contributed by atoms with E-state index in [1.807, 2.05) is 13.8 Å². The maximum Gasteiger partial charge on any atom is 0.259 e. The van der Waals surface area contributed by atoms with Crippen molar-refractivity contribution < 1.29 is 19.2 Å². The minimum Gasteiger partial charge on any atom is -0.324 e. The molecule has 0 bridgehead atoms. The van der Waals surface area contributed by atoms with Crippen LogP contribution in [0.2, 0.25) is 0 Å². The molecule has 164 valence electrons. The van der Waals surface area contributed by atoms with Crippen molar-refractivity contribution in [2.75, 3.05) is 10.6 Å². The number of aromatic nitrogens is 3. The van der Waals surface area contributed by atoms with Gasteiger partial charge in [-0.1, -0.05) is 13.8 Å². The third kappa shape index (κ3) is 3.65. The van der Waals surface area contributed by atoms with E-state index in [1.54, 1.807) is 36.4 Å². The predicted octanol–water partition coefficient (Wildman–Crippen LogP) is 2.25. The molecule has 2 aromatic carbocycles. The number of benzene rings is 2. The Morgan fingerprint density at radius 2 is 1.06 bits per heavy atom. The molecule has 0 unspecified atom stereocenters. The lowest BCUT2D eigenvalue weighted by Crippen LogP contribution is -2.19. The molecule has 0 saturated heterocycles. The van der Waals surface area contributed by atoms with Crippen LogP contribution in [0.3, 0.4) is 0 Å². The largest absolute Gasteiger partial charge is 0.324 e. The third-order valence-electron chi connectivity index (χ3n) is 5.15. The van der Waals surface area contributed by atoms with Crippen molar-refractivity contribution in [3.05, 3.63) is 64.5 Å². The Morgan fingerprint density at radius 1 is 0.636 bits per heavy atom. The first-order chi connectivity index (χ1) is 15.8. The van der Waals surface area contributed by atoms with Gasteiger partial charge < -0.3 is 10.6 Å². The summed E-state index contributed by atoms with van der Waals surface area (Å²) in [5, 5.41) is 10.6. The first-order valence-corrected chi connectivity index (χ1v) is 10.1. The van der Waals surface area contributed by atoms with Crippen LogP contribution in [0.1, 0.15) is 67.0 Å². The Balaban J connectivity index is 1.45. The Bertz CT molecular complexity index is 1290. The highest BCUT2D eigenvalue weighted by molar-refractivity contribution is 6.22. The molecular weight excluding hydrogens is 426 g/mol. The molecule has 4 N–H and O–H groups in total. The number of nitrogens with one attached hydrogen (secondary N) is 4. The number of hydrogen-bond acceptors (Lipinski definition) is 9. The van der Waals surface area contributed by atoms with Gasteiger partial charge >= 0.3 is 0 Å². The first-order valence-electron chi connectivity index (χ1n) is 10.1. The zero-order valence-electron chi connectivity index (χ0n) is 17.5. The van der Waals surface area contributed by atoms with Gasteiger partial charge in [0.25, 0.3) is 23.6 Å². The molecule has 11 nitrogen and oxygen atoms in total. The number of nitrogens with zero attached hydrogens (tertiary/aromatic N) is 3. The van der Waals surface area contributed by atoms with Crippen LogP contribution in [-0.2, 0) is 0 Å². The van der Waals surface area contributed by atoms with Gasteiger partial charge in [-0.25, -0.2) is 0 Å². The molecule has 0 aliphatic carbocycles. The molecule has 4 amide bonds. The molecule has 2 aliphatic heterocycles. The highest BCUT2D eigenvalue weighted by Crippen LogP contribution is 2.25. The molecular formula is C22H17N7O4. The molecule has 5 rings (SSSR count). The van der Waals surface area contributed by atoms with E-state index in [9.17, 15) is 19.2 Å². The van der Waals surface area contributed by atoms with Gasteiger partial charge in [-0.2, -0.15) is 15.0 Å². The van der Waals surface area contributed by atoms with Crippen molar-refractivity contribution in [1.82, 2.24) is 25.6 Å². The van der Waals surface area contributed by atoms with Crippen molar-refractivity contribution in [2.24, 2.45) is 0 Å². The van der Waals surface area contributed by atoms with E-state index in [0.717, 1.165) is 0 Å². The topological polar surface area (TPSA) is 155 Å². The lowest BCUT2D eigenvalue weighted by atomic mass is 10.1. The van der Waals surface area contributed by atoms with E-state index < -0.39 is 23.6 Å². The summed E-state index contributed by atoms with van der Waals surface area (Å²) < 4.78 is 0. The zero-order valence-corrected chi connectivity index (χ0v) is 17.5. The van der Waals surface area contributed by atoms with Gasteiger partial charge in [0.15, 0.2) is 0 Å². The van der Waals surface area contributed by atoms with E-state index in [1.165, 1.54) is 0 Å². The summed E-state index contributed by atoms with van der Waals surface area (Å²) in [5.74, 6) is -0.818. The van der Waals surface area contributed by atoms with Gasteiger partial charge in [-0.3, -0.25) is 29.8 Å². The van der Waals surface area contributed by atoms with Crippen LogP contribution in [-0.4, -0.2) is 38.6 Å². The molecule has 33 heavy (non-hydrogen) atoms. The Kier molecular flexibility index (Phi) is 4.59. The summed E-state index contributed by atoms with van der Waals surface area (Å²) >= 11 is 0. The standard InChI is InChI=1S/C22H17N7O4/c1-9(2)16-25-21(23-10-3-5-12-14(7-10)19(32)27-17(12)30)29-22(26-16)24-11-4-6-13-15(8-11)20(33)28-18(13)31/h3-9H,1-2H3,(H,27,30,32)(H,28,31,33)(H2,23,24,25,26,29). The third-order valence-corrected chi connectivity index (χ3v) is 5.15. The molecule has 1 aromatic heterocycles. The molecule has 11 heteroatoms. The van der Waals surface area contributed by atoms with E-state index in [-0.39, 0.29) is 28.9 Å². The summed E-state index contributed by atoms with van der Waals surface area (Å²) in [6.45, 7) is 3.86. The molecule has 3 aromatic rings. The second-order valence-corrected chi connectivity index (χ2v) is 7.83. The molecule has 3 heterocycles. The Morgan fingerprint density at radius 3 is 1.48 bits per heavy atom. The highest BCUT2D eigenvalue weighted by Gasteiger charge is 2.28. The van der Waals surface area contributed by atoms with Crippen molar-refractivity contribution in [2.45, 2.75) is 19.8 Å². The van der Waals surface area contributed by atoms with Gasteiger partial charge in [0, 0.05) is 17.3 Å². The normalized spacial score (nSPS) is 14.2. The SMILES string of the molecule is CC(C)c1nc(Nc2ccc3c(c2)C(=O)NC3=O)nc(Nc2ccc3c(c2)C(=O)NC3=O)n1. The quantitative estimate of drug-likeness (QED) is 0.434. The van der Waals surface area contributed by atoms with Gasteiger partial charge in [-0.15, -0.1) is 0 Å².